The second kappa shape index (κ2) is 6.98. The summed E-state index contributed by atoms with van der Waals surface area (Å²) < 4.78 is 2.07. The maximum absolute atomic E-state index is 12.7. The maximum atomic E-state index is 12.7. The highest BCUT2D eigenvalue weighted by molar-refractivity contribution is 5.97. The Labute approximate surface area is 154 Å². The van der Waals surface area contributed by atoms with Crippen molar-refractivity contribution < 1.29 is 4.79 Å². The Morgan fingerprint density at radius 1 is 1.08 bits per heavy atom. The fraction of sp³-hybridized carbons (Fsp3) is 0.429. The summed E-state index contributed by atoms with van der Waals surface area (Å²) in [5.41, 5.74) is 3.24. The number of imidazole rings is 1. The van der Waals surface area contributed by atoms with Gasteiger partial charge in [-0.1, -0.05) is 44.2 Å². The number of benzene rings is 1. The first kappa shape index (κ1) is 18.2. The molecule has 2 unspecified atom stereocenters. The Balaban J connectivity index is 1.84. The Kier molecular flexibility index (Phi) is 4.90. The highest BCUT2D eigenvalue weighted by Crippen LogP contribution is 2.25. The van der Waals surface area contributed by atoms with Gasteiger partial charge in [0.15, 0.2) is 11.4 Å². The van der Waals surface area contributed by atoms with Gasteiger partial charge in [-0.05, 0) is 33.1 Å². The van der Waals surface area contributed by atoms with Gasteiger partial charge >= 0.3 is 0 Å². The Bertz CT molecular complexity index is 909. The van der Waals surface area contributed by atoms with Gasteiger partial charge in [-0.15, -0.1) is 0 Å². The van der Waals surface area contributed by atoms with E-state index in [-0.39, 0.29) is 23.2 Å². The van der Waals surface area contributed by atoms with Crippen LogP contribution in [-0.2, 0) is 12.0 Å². The number of nitrogens with zero attached hydrogens (tertiary/aromatic N) is 4. The van der Waals surface area contributed by atoms with E-state index in [9.17, 15) is 4.79 Å². The third-order valence-electron chi connectivity index (χ3n) is 4.97. The van der Waals surface area contributed by atoms with E-state index in [4.69, 9.17) is 0 Å². The molecule has 136 valence electrons. The molecular formula is C21H26N4O. The summed E-state index contributed by atoms with van der Waals surface area (Å²) in [4.78, 5) is 26.2. The van der Waals surface area contributed by atoms with Gasteiger partial charge in [-0.3, -0.25) is 4.79 Å². The third kappa shape index (κ3) is 3.52. The SMILES string of the molecule is CC(Cc1ncnc2c1ncn2C(C)(C)C)C(C)C(=O)c1ccccc1. The molecule has 2 heterocycles. The molecule has 5 nitrogen and oxygen atoms in total. The summed E-state index contributed by atoms with van der Waals surface area (Å²) in [5.74, 6) is 0.233. The lowest BCUT2D eigenvalue weighted by Gasteiger charge is -2.21. The van der Waals surface area contributed by atoms with Crippen LogP contribution in [0.3, 0.4) is 0 Å². The van der Waals surface area contributed by atoms with Crippen LogP contribution in [0.5, 0.6) is 0 Å². The molecule has 0 spiro atoms. The summed E-state index contributed by atoms with van der Waals surface area (Å²) in [6.45, 7) is 10.5. The molecule has 0 aliphatic carbocycles. The smallest absolute Gasteiger partial charge is 0.165 e. The van der Waals surface area contributed by atoms with Crippen molar-refractivity contribution in [3.63, 3.8) is 0 Å². The molecule has 0 aliphatic heterocycles. The van der Waals surface area contributed by atoms with E-state index in [1.54, 1.807) is 6.33 Å². The topological polar surface area (TPSA) is 60.7 Å². The molecule has 3 rings (SSSR count). The first-order valence-corrected chi connectivity index (χ1v) is 9.05. The second-order valence-electron chi connectivity index (χ2n) is 7.98. The number of carbonyl (C=O) groups is 1. The van der Waals surface area contributed by atoms with Crippen LogP contribution < -0.4 is 0 Å². The molecule has 0 fully saturated rings. The van der Waals surface area contributed by atoms with Gasteiger partial charge in [0, 0.05) is 17.0 Å². The van der Waals surface area contributed by atoms with Gasteiger partial charge in [-0.2, -0.15) is 0 Å². The van der Waals surface area contributed by atoms with Crippen molar-refractivity contribution in [2.24, 2.45) is 11.8 Å². The van der Waals surface area contributed by atoms with Crippen LogP contribution in [0.15, 0.2) is 43.0 Å². The zero-order chi connectivity index (χ0) is 18.9. The van der Waals surface area contributed by atoms with Crippen molar-refractivity contribution in [3.05, 3.63) is 54.2 Å². The Morgan fingerprint density at radius 2 is 1.77 bits per heavy atom. The standard InChI is InChI=1S/C21H26N4O/c1-14(15(2)19(26)16-9-7-6-8-10-16)11-17-18-20(23-12-22-17)25(13-24-18)21(3,4)5/h6-10,12-15H,11H2,1-5H3. The van der Waals surface area contributed by atoms with Crippen molar-refractivity contribution in [2.45, 2.75) is 46.6 Å². The molecule has 0 saturated carbocycles. The van der Waals surface area contributed by atoms with E-state index in [0.717, 1.165) is 22.4 Å². The highest BCUT2D eigenvalue weighted by Gasteiger charge is 2.24. The Morgan fingerprint density at radius 3 is 2.42 bits per heavy atom. The van der Waals surface area contributed by atoms with E-state index < -0.39 is 0 Å². The Hall–Kier alpha value is -2.56. The molecule has 0 N–H and O–H groups in total. The number of aromatic nitrogens is 4. The summed E-state index contributed by atoms with van der Waals surface area (Å²) in [6.07, 6.45) is 4.12. The minimum Gasteiger partial charge on any atom is -0.310 e. The zero-order valence-corrected chi connectivity index (χ0v) is 16.1. The van der Waals surface area contributed by atoms with E-state index in [1.165, 1.54) is 0 Å². The molecule has 5 heteroatoms. The number of ketones is 1. The van der Waals surface area contributed by atoms with Gasteiger partial charge < -0.3 is 4.57 Å². The molecule has 0 saturated heterocycles. The van der Waals surface area contributed by atoms with Crippen molar-refractivity contribution in [1.29, 1.82) is 0 Å². The minimum absolute atomic E-state index is 0.0906. The molecule has 26 heavy (non-hydrogen) atoms. The van der Waals surface area contributed by atoms with Gasteiger partial charge in [0.2, 0.25) is 0 Å². The zero-order valence-electron chi connectivity index (χ0n) is 16.1. The molecule has 0 amide bonds. The number of hydrogen-bond acceptors (Lipinski definition) is 4. The minimum atomic E-state index is -0.0947. The average Bonchev–Trinajstić information content (AvgIpc) is 3.06. The van der Waals surface area contributed by atoms with E-state index in [1.807, 2.05) is 43.6 Å². The number of Topliss-reactive ketones (excluding diaryl/α,β-unsaturated/α-hetero) is 1. The average molecular weight is 350 g/mol. The van der Waals surface area contributed by atoms with Gasteiger partial charge in [0.25, 0.3) is 0 Å². The van der Waals surface area contributed by atoms with Crippen LogP contribution in [0, 0.1) is 11.8 Å². The fourth-order valence-electron chi connectivity index (χ4n) is 3.13. The predicted molar refractivity (Wildman–Crippen MR) is 103 cm³/mol. The quantitative estimate of drug-likeness (QED) is 0.644. The third-order valence-corrected chi connectivity index (χ3v) is 4.97. The molecule has 0 radical (unpaired) electrons. The van der Waals surface area contributed by atoms with Crippen molar-refractivity contribution in [2.75, 3.05) is 0 Å². The monoisotopic (exact) mass is 350 g/mol. The van der Waals surface area contributed by atoms with Crippen LogP contribution in [0.1, 0.15) is 50.7 Å². The summed E-state index contributed by atoms with van der Waals surface area (Å²) in [7, 11) is 0. The van der Waals surface area contributed by atoms with Crippen molar-refractivity contribution in [3.8, 4) is 0 Å². The lowest BCUT2D eigenvalue weighted by molar-refractivity contribution is 0.0893. The predicted octanol–water partition coefficient (Wildman–Crippen LogP) is 4.28. The summed E-state index contributed by atoms with van der Waals surface area (Å²) >= 11 is 0. The number of rotatable bonds is 5. The van der Waals surface area contributed by atoms with Crippen LogP contribution in [-0.4, -0.2) is 25.3 Å². The normalized spacial score (nSPS) is 14.3. The summed E-state index contributed by atoms with van der Waals surface area (Å²) in [6, 6.07) is 9.47. The molecule has 0 aliphatic rings. The van der Waals surface area contributed by atoms with Crippen LogP contribution in [0.2, 0.25) is 0 Å². The lowest BCUT2D eigenvalue weighted by Crippen LogP contribution is -2.22. The van der Waals surface area contributed by atoms with Gasteiger partial charge in [0.1, 0.15) is 11.8 Å². The summed E-state index contributed by atoms with van der Waals surface area (Å²) in [5, 5.41) is 0. The van der Waals surface area contributed by atoms with Gasteiger partial charge in [0.05, 0.1) is 12.0 Å². The molecular weight excluding hydrogens is 324 g/mol. The number of hydrogen-bond donors (Lipinski definition) is 0. The molecule has 1 aromatic carbocycles. The van der Waals surface area contributed by atoms with Crippen LogP contribution in [0.4, 0.5) is 0 Å². The molecule has 2 aromatic heterocycles. The number of carbonyl (C=O) groups excluding carboxylic acids is 1. The van der Waals surface area contributed by atoms with Crippen molar-refractivity contribution >= 4 is 16.9 Å². The first-order valence-electron chi connectivity index (χ1n) is 9.05. The van der Waals surface area contributed by atoms with Crippen LogP contribution >= 0.6 is 0 Å². The number of fused-ring (bicyclic) bond motifs is 1. The largest absolute Gasteiger partial charge is 0.310 e. The fourth-order valence-corrected chi connectivity index (χ4v) is 3.13. The highest BCUT2D eigenvalue weighted by atomic mass is 16.1. The molecule has 2 atom stereocenters. The van der Waals surface area contributed by atoms with E-state index in [2.05, 4.69) is 47.2 Å². The lowest BCUT2D eigenvalue weighted by atomic mass is 9.85. The maximum Gasteiger partial charge on any atom is 0.165 e. The van der Waals surface area contributed by atoms with Crippen LogP contribution in [0.25, 0.3) is 11.2 Å². The molecule has 3 aromatic rings. The van der Waals surface area contributed by atoms with E-state index >= 15 is 0 Å². The first-order chi connectivity index (χ1) is 12.3. The molecule has 0 bridgehead atoms. The van der Waals surface area contributed by atoms with Gasteiger partial charge in [-0.25, -0.2) is 15.0 Å². The van der Waals surface area contributed by atoms with Crippen molar-refractivity contribution in [1.82, 2.24) is 19.5 Å². The van der Waals surface area contributed by atoms with E-state index in [0.29, 0.717) is 6.42 Å². The second-order valence-corrected chi connectivity index (χ2v) is 7.98.